The lowest BCUT2D eigenvalue weighted by atomic mass is 9.98. The first-order valence-corrected chi connectivity index (χ1v) is 22.4. The molecule has 2 heterocycles. The molecule has 15 nitrogen and oxygen atoms in total. The van der Waals surface area contributed by atoms with Crippen LogP contribution in [0.1, 0.15) is 97.3 Å². The number of unbranched alkanes of at least 4 members (excludes halogenated alkanes) is 5. The van der Waals surface area contributed by atoms with E-state index < -0.39 is 99.3 Å². The normalized spacial score (nSPS) is 27.8. The molecule has 0 saturated carbocycles. The zero-order valence-electron chi connectivity index (χ0n) is 37.0. The van der Waals surface area contributed by atoms with Crippen LogP contribution in [0.15, 0.2) is 97.2 Å². The van der Waals surface area contributed by atoms with Crippen molar-refractivity contribution < 1.29 is 73.8 Å². The van der Waals surface area contributed by atoms with E-state index in [9.17, 15) is 45.3 Å². The zero-order chi connectivity index (χ0) is 46.1. The second kappa shape index (κ2) is 34.8. The van der Waals surface area contributed by atoms with Gasteiger partial charge in [0.2, 0.25) is 0 Å². The Balaban J connectivity index is 1.91. The first kappa shape index (κ1) is 55.6. The van der Waals surface area contributed by atoms with Crippen LogP contribution in [0, 0.1) is 0 Å². The third kappa shape index (κ3) is 23.8. The molecule has 2 aliphatic heterocycles. The van der Waals surface area contributed by atoms with Crippen LogP contribution < -0.4 is 0 Å². The van der Waals surface area contributed by atoms with Crippen molar-refractivity contribution >= 4 is 11.9 Å². The van der Waals surface area contributed by atoms with Crippen molar-refractivity contribution in [2.45, 2.75) is 165 Å². The largest absolute Gasteiger partial charge is 0.462 e. The molecule has 7 N–H and O–H groups in total. The van der Waals surface area contributed by atoms with Crippen molar-refractivity contribution in [3.8, 4) is 0 Å². The molecule has 0 aromatic heterocycles. The van der Waals surface area contributed by atoms with E-state index in [4.69, 9.17) is 28.4 Å². The minimum absolute atomic E-state index is 0.0574. The number of rotatable bonds is 31. The van der Waals surface area contributed by atoms with Crippen molar-refractivity contribution in [3.05, 3.63) is 97.2 Å². The number of hydrogen-bond acceptors (Lipinski definition) is 15. The van der Waals surface area contributed by atoms with Gasteiger partial charge in [0.25, 0.3) is 0 Å². The Morgan fingerprint density at radius 1 is 0.524 bits per heavy atom. The predicted octanol–water partition coefficient (Wildman–Crippen LogP) is 4.64. The lowest BCUT2D eigenvalue weighted by Gasteiger charge is -2.42. The standard InChI is InChI=1S/C48H74O15/c1-3-5-7-9-11-13-15-17-19-20-22-24-26-28-30-39(50)58-33-36(61-40(51)31-29-27-25-23-21-18-16-14-12-10-8-6-4-2)34-59-47-46(57)44(55)42(53)38(63-47)35-60-48-45(56)43(54)41(52)37(32-49)62-48/h5-8,10-14,16-19,21,23,25,36-38,41-49,52-57H,3-4,9,15,20,22,24,26-35H2,1-2H3/b7-5+,8-6+,12-10+,13-11+,16-14+,19-17+,21-18+,25-23+/t36?,37-,38-,41+,42+,43?,44?,45?,46?,47-,48-/m1/s1. The highest BCUT2D eigenvalue weighted by molar-refractivity contribution is 5.70. The van der Waals surface area contributed by atoms with Crippen molar-refractivity contribution in [1.29, 1.82) is 0 Å². The van der Waals surface area contributed by atoms with Crippen LogP contribution in [0.2, 0.25) is 0 Å². The summed E-state index contributed by atoms with van der Waals surface area (Å²) < 4.78 is 33.3. The molecule has 0 radical (unpaired) electrons. The minimum atomic E-state index is -1.79. The fourth-order valence-corrected chi connectivity index (χ4v) is 6.26. The SMILES string of the molecule is CC/C=C/C=C/C=C/C=C/C=C/CCCC(=O)OC(COC(=O)CCCCCC/C=C/C/C=C/C/C=C/CC)CO[C@@H]1O[C@H](CO[C@@H]2O[C@H](CO)[C@H](O)C(O)C2O)[C@H](O)C(O)C1O. The van der Waals surface area contributed by atoms with E-state index in [1.807, 2.05) is 54.7 Å². The maximum Gasteiger partial charge on any atom is 0.306 e. The van der Waals surface area contributed by atoms with Gasteiger partial charge in [0, 0.05) is 12.8 Å². The molecule has 0 bridgehead atoms. The van der Waals surface area contributed by atoms with Gasteiger partial charge in [-0.25, -0.2) is 0 Å². The zero-order valence-corrected chi connectivity index (χ0v) is 37.0. The summed E-state index contributed by atoms with van der Waals surface area (Å²) in [5, 5.41) is 71.8. The molecule has 5 unspecified atom stereocenters. The van der Waals surface area contributed by atoms with Gasteiger partial charge in [0.05, 0.1) is 19.8 Å². The summed E-state index contributed by atoms with van der Waals surface area (Å²) >= 11 is 0. The number of allylic oxidation sites excluding steroid dienone is 16. The highest BCUT2D eigenvalue weighted by Gasteiger charge is 2.47. The third-order valence-corrected chi connectivity index (χ3v) is 9.94. The summed E-state index contributed by atoms with van der Waals surface area (Å²) in [7, 11) is 0. The molecule has 0 spiro atoms. The van der Waals surface area contributed by atoms with Gasteiger partial charge in [0.15, 0.2) is 18.7 Å². The quantitative estimate of drug-likeness (QED) is 0.0218. The molecule has 2 rings (SSSR count). The van der Waals surface area contributed by atoms with Gasteiger partial charge < -0.3 is 64.2 Å². The topological polar surface area (TPSA) is 231 Å². The lowest BCUT2D eigenvalue weighted by molar-refractivity contribution is -0.332. The van der Waals surface area contributed by atoms with Crippen molar-refractivity contribution in [2.24, 2.45) is 0 Å². The number of aliphatic hydroxyl groups excluding tert-OH is 7. The van der Waals surface area contributed by atoms with Gasteiger partial charge in [-0.3, -0.25) is 9.59 Å². The Morgan fingerprint density at radius 2 is 1.05 bits per heavy atom. The third-order valence-electron chi connectivity index (χ3n) is 9.94. The lowest BCUT2D eigenvalue weighted by Crippen LogP contribution is -2.61. The molecular formula is C48H74O15. The number of esters is 2. The van der Waals surface area contributed by atoms with E-state index in [1.165, 1.54) is 0 Å². The van der Waals surface area contributed by atoms with Gasteiger partial charge in [-0.15, -0.1) is 0 Å². The van der Waals surface area contributed by atoms with Crippen molar-refractivity contribution in [2.75, 3.05) is 26.4 Å². The molecule has 15 heteroatoms. The summed E-state index contributed by atoms with van der Waals surface area (Å²) in [6.45, 7) is 2.17. The summed E-state index contributed by atoms with van der Waals surface area (Å²) in [6, 6.07) is 0. The van der Waals surface area contributed by atoms with Crippen LogP contribution in [0.3, 0.4) is 0 Å². The molecule has 2 saturated heterocycles. The Morgan fingerprint density at radius 3 is 1.70 bits per heavy atom. The van der Waals surface area contributed by atoms with E-state index in [0.717, 1.165) is 51.4 Å². The van der Waals surface area contributed by atoms with Gasteiger partial charge in [-0.1, -0.05) is 124 Å². The molecule has 0 aromatic rings. The highest BCUT2D eigenvalue weighted by atomic mass is 16.7. The summed E-state index contributed by atoms with van der Waals surface area (Å²) in [6.07, 6.45) is 24.7. The van der Waals surface area contributed by atoms with E-state index in [0.29, 0.717) is 19.3 Å². The van der Waals surface area contributed by atoms with Crippen LogP contribution >= 0.6 is 0 Å². The van der Waals surface area contributed by atoms with E-state index in [-0.39, 0.29) is 19.4 Å². The second-order valence-electron chi connectivity index (χ2n) is 15.2. The summed E-state index contributed by atoms with van der Waals surface area (Å²) in [5.74, 6) is -1.05. The Hall–Kier alpha value is -3.58. The molecule has 11 atom stereocenters. The fraction of sp³-hybridized carbons (Fsp3) is 0.625. The van der Waals surface area contributed by atoms with Crippen molar-refractivity contribution in [3.63, 3.8) is 0 Å². The van der Waals surface area contributed by atoms with Crippen molar-refractivity contribution in [1.82, 2.24) is 0 Å². The minimum Gasteiger partial charge on any atom is -0.462 e. The maximum absolute atomic E-state index is 12.9. The molecule has 0 aliphatic carbocycles. The van der Waals surface area contributed by atoms with Gasteiger partial charge in [-0.2, -0.15) is 0 Å². The van der Waals surface area contributed by atoms with E-state index in [2.05, 4.69) is 56.4 Å². The molecule has 0 amide bonds. The highest BCUT2D eigenvalue weighted by Crippen LogP contribution is 2.26. The van der Waals surface area contributed by atoms with Gasteiger partial charge in [-0.05, 0) is 57.8 Å². The summed E-state index contributed by atoms with van der Waals surface area (Å²) in [4.78, 5) is 25.6. The first-order valence-electron chi connectivity index (χ1n) is 22.4. The molecule has 2 aliphatic rings. The Kier molecular flexibility index (Phi) is 30.7. The molecular weight excluding hydrogens is 817 g/mol. The average Bonchev–Trinajstić information content (AvgIpc) is 3.28. The Bertz CT molecular complexity index is 1470. The average molecular weight is 891 g/mol. The van der Waals surface area contributed by atoms with E-state index >= 15 is 0 Å². The van der Waals surface area contributed by atoms with Crippen LogP contribution in [0.4, 0.5) is 0 Å². The predicted molar refractivity (Wildman–Crippen MR) is 238 cm³/mol. The number of ether oxygens (including phenoxy) is 6. The molecule has 2 fully saturated rings. The van der Waals surface area contributed by atoms with Gasteiger partial charge >= 0.3 is 11.9 Å². The summed E-state index contributed by atoms with van der Waals surface area (Å²) in [5.41, 5.74) is 0. The number of aliphatic hydroxyl groups is 7. The van der Waals surface area contributed by atoms with E-state index in [1.54, 1.807) is 0 Å². The molecule has 63 heavy (non-hydrogen) atoms. The Labute approximate surface area is 373 Å². The van der Waals surface area contributed by atoms with Crippen LogP contribution in [0.5, 0.6) is 0 Å². The van der Waals surface area contributed by atoms with Crippen LogP contribution in [-0.2, 0) is 38.0 Å². The second-order valence-corrected chi connectivity index (χ2v) is 15.2. The molecule has 0 aromatic carbocycles. The first-order chi connectivity index (χ1) is 30.5. The molecule has 356 valence electrons. The van der Waals surface area contributed by atoms with Crippen LogP contribution in [0.25, 0.3) is 0 Å². The number of carbonyl (C=O) groups excluding carboxylic acids is 2. The fourth-order valence-electron chi connectivity index (χ4n) is 6.26. The number of carbonyl (C=O) groups is 2. The maximum atomic E-state index is 12.9. The monoisotopic (exact) mass is 891 g/mol. The smallest absolute Gasteiger partial charge is 0.306 e. The number of hydrogen-bond donors (Lipinski definition) is 7. The van der Waals surface area contributed by atoms with Crippen LogP contribution in [-0.4, -0.2) is 142 Å². The van der Waals surface area contributed by atoms with Gasteiger partial charge in [0.1, 0.15) is 55.4 Å².